The number of carbonyl (C=O) groups excluding carboxylic acids is 6. The number of amides is 6. The molecule has 0 saturated carbocycles. The van der Waals surface area contributed by atoms with Crippen molar-refractivity contribution in [3.63, 3.8) is 0 Å². The topological polar surface area (TPSA) is 392 Å². The number of aliphatic carboxylic acids is 1. The van der Waals surface area contributed by atoms with Gasteiger partial charge in [0.05, 0.1) is 6.04 Å². The van der Waals surface area contributed by atoms with Crippen molar-refractivity contribution >= 4 is 55.6 Å². The quantitative estimate of drug-likeness (QED) is 0.0156. The van der Waals surface area contributed by atoms with Gasteiger partial charge < -0.3 is 65.3 Å². The molecule has 22 nitrogen and oxygen atoms in total. The van der Waals surface area contributed by atoms with E-state index in [0.717, 1.165) is 0 Å². The molecule has 0 heterocycles. The molecule has 308 valence electrons. The molecule has 54 heavy (non-hydrogen) atoms. The summed E-state index contributed by atoms with van der Waals surface area (Å²) in [6.07, 6.45) is 1.35. The van der Waals surface area contributed by atoms with E-state index in [4.69, 9.17) is 28.7 Å². The van der Waals surface area contributed by atoms with Gasteiger partial charge in [-0.05, 0) is 55.0 Å². The predicted molar refractivity (Wildman–Crippen MR) is 194 cm³/mol. The number of rotatable bonds is 28. The molecule has 16 N–H and O–H groups in total. The van der Waals surface area contributed by atoms with Crippen LogP contribution in [0, 0.1) is 11.8 Å². The minimum absolute atomic E-state index is 0.0585. The van der Waals surface area contributed by atoms with Crippen molar-refractivity contribution in [2.45, 2.75) is 115 Å². The molecule has 0 aliphatic carbocycles. The van der Waals surface area contributed by atoms with Gasteiger partial charge in [-0.2, -0.15) is 0 Å². The van der Waals surface area contributed by atoms with Crippen LogP contribution in [0.25, 0.3) is 0 Å². The first-order valence-corrected chi connectivity index (χ1v) is 18.7. The number of unbranched alkanes of at least 4 members (excludes halogenated alkanes) is 1. The molecule has 0 aliphatic heterocycles. The van der Waals surface area contributed by atoms with E-state index in [9.17, 15) is 48.1 Å². The lowest BCUT2D eigenvalue weighted by molar-refractivity contribution is -0.186. The van der Waals surface area contributed by atoms with Crippen molar-refractivity contribution < 1.29 is 52.7 Å². The van der Waals surface area contributed by atoms with Gasteiger partial charge in [0.15, 0.2) is 5.96 Å². The second kappa shape index (κ2) is 26.3. The smallest absolute Gasteiger partial charge is 0.488 e. The second-order valence-corrected chi connectivity index (χ2v) is 13.7. The van der Waals surface area contributed by atoms with Crippen molar-refractivity contribution in [3.8, 4) is 0 Å². The van der Waals surface area contributed by atoms with Gasteiger partial charge in [0.2, 0.25) is 35.4 Å². The van der Waals surface area contributed by atoms with Crippen LogP contribution in [0.15, 0.2) is 4.99 Å². The Morgan fingerprint density at radius 2 is 1.31 bits per heavy atom. The molecular weight excluding hydrogens is 733 g/mol. The van der Waals surface area contributed by atoms with E-state index in [1.54, 1.807) is 27.7 Å². The molecule has 0 spiro atoms. The molecule has 8 atom stereocenters. The van der Waals surface area contributed by atoms with E-state index >= 15 is 0 Å². The molecule has 1 unspecified atom stereocenters. The summed E-state index contributed by atoms with van der Waals surface area (Å²) in [5, 5.41) is 21.7. The summed E-state index contributed by atoms with van der Waals surface area (Å²) >= 11 is 0. The van der Waals surface area contributed by atoms with Crippen LogP contribution in [0.4, 0.5) is 0 Å². The number of nitrogens with two attached hydrogens (primary N) is 5. The summed E-state index contributed by atoms with van der Waals surface area (Å²) < 4.78 is 15.9. The Balaban J connectivity index is 6.17. The third-order valence-electron chi connectivity index (χ3n) is 8.20. The summed E-state index contributed by atoms with van der Waals surface area (Å²) in [6, 6.07) is -8.19. The highest BCUT2D eigenvalue weighted by Gasteiger charge is 2.36. The van der Waals surface area contributed by atoms with Crippen molar-refractivity contribution in [1.29, 1.82) is 0 Å². The van der Waals surface area contributed by atoms with Crippen LogP contribution in [0.5, 0.6) is 0 Å². The third kappa shape index (κ3) is 20.1. The van der Waals surface area contributed by atoms with Crippen LogP contribution in [0.1, 0.15) is 79.1 Å². The molecule has 0 bridgehead atoms. The largest absolute Gasteiger partial charge is 0.566 e. The van der Waals surface area contributed by atoms with Gasteiger partial charge in [-0.3, -0.25) is 33.8 Å². The number of nitrogens with zero attached hydrogens (tertiary/aromatic N) is 1. The number of carboxylic acids is 1. The molecule has 0 aromatic rings. The van der Waals surface area contributed by atoms with Crippen LogP contribution in [0.3, 0.4) is 0 Å². The lowest BCUT2D eigenvalue weighted by Crippen LogP contribution is -2.61. The second-order valence-electron chi connectivity index (χ2n) is 13.0. The zero-order valence-electron chi connectivity index (χ0n) is 31.2. The Morgan fingerprint density at radius 1 is 0.759 bits per heavy atom. The van der Waals surface area contributed by atoms with E-state index in [1.807, 2.05) is 0 Å². The normalized spacial score (nSPS) is 15.2. The fourth-order valence-corrected chi connectivity index (χ4v) is 5.09. The van der Waals surface area contributed by atoms with Gasteiger partial charge in [-0.1, -0.05) is 40.5 Å². The maximum atomic E-state index is 13.7. The minimum atomic E-state index is -3.51. The maximum absolute atomic E-state index is 13.7. The lowest BCUT2D eigenvalue weighted by atomic mass is 9.97. The van der Waals surface area contributed by atoms with E-state index in [-0.39, 0.29) is 44.6 Å². The highest BCUT2D eigenvalue weighted by molar-refractivity contribution is 7.30. The van der Waals surface area contributed by atoms with E-state index in [1.165, 1.54) is 0 Å². The number of primary amides is 1. The number of carboxylic acid groups (broad SMARTS) is 1. The fraction of sp³-hybridized carbons (Fsp3) is 0.742. The summed E-state index contributed by atoms with van der Waals surface area (Å²) in [5.74, 6) is -8.03. The molecule has 6 amide bonds. The molecule has 0 aromatic heterocycles. The number of hydrogen-bond donors (Lipinski definition) is 11. The fourth-order valence-electron chi connectivity index (χ4n) is 4.82. The minimum Gasteiger partial charge on any atom is -0.566 e. The van der Waals surface area contributed by atoms with Gasteiger partial charge in [-0.15, -0.1) is 4.52 Å². The van der Waals surface area contributed by atoms with Gasteiger partial charge in [0, 0.05) is 13.0 Å². The highest BCUT2D eigenvalue weighted by Crippen LogP contribution is 2.13. The Morgan fingerprint density at radius 3 is 1.83 bits per heavy atom. The zero-order chi connectivity index (χ0) is 41.5. The number of hydrogen-bond acceptors (Lipinski definition) is 13. The van der Waals surface area contributed by atoms with Gasteiger partial charge in [-0.25, -0.2) is 4.79 Å². The summed E-state index contributed by atoms with van der Waals surface area (Å²) in [7, 11) is -3.51. The van der Waals surface area contributed by atoms with Crippen LogP contribution in [0.2, 0.25) is 0 Å². The van der Waals surface area contributed by atoms with Gasteiger partial charge in [0.1, 0.15) is 36.8 Å². The van der Waals surface area contributed by atoms with Gasteiger partial charge >= 0.3 is 14.2 Å². The number of carbonyl (C=O) groups is 7. The van der Waals surface area contributed by atoms with Crippen LogP contribution >= 0.6 is 8.25 Å². The molecular formula is C31H58N11O11P. The standard InChI is InChI=1S/C31H58N11O11P/c1-5-17(4)24(42-26(45)19(11-12-22(34)43)38-25(44)18(33)9-6-7-13-32)29(48)40-21(15-53-54(51)52)27(46)41-23(16(2)3)28(47)39-20(30(49)50)10-8-14-37-31(35)36/h16-21,23-24H,5-15,32-33H2,1-4H3,(H2,34,43)(H,38,44)(H,39,47)(H,40,48)(H,41,46)(H,42,45)(H,49,50)(H4,35,36,37)/t17-,18-,19-,20-,21-,23-,24-/m0/s1. The molecule has 0 aliphatic rings. The first-order valence-electron chi connectivity index (χ1n) is 17.6. The summed E-state index contributed by atoms with van der Waals surface area (Å²) in [6.45, 7) is 5.98. The molecule has 0 aromatic carbocycles. The van der Waals surface area contributed by atoms with E-state index in [2.05, 4.69) is 36.1 Å². The van der Waals surface area contributed by atoms with E-state index < -0.39 is 104 Å². The zero-order valence-corrected chi connectivity index (χ0v) is 32.1. The van der Waals surface area contributed by atoms with Crippen molar-refractivity contribution in [2.75, 3.05) is 19.7 Å². The molecule has 0 rings (SSSR count). The van der Waals surface area contributed by atoms with Gasteiger partial charge in [0.25, 0.3) is 0 Å². The molecule has 0 radical (unpaired) electrons. The van der Waals surface area contributed by atoms with Crippen LogP contribution in [-0.2, 0) is 42.7 Å². The molecule has 0 fully saturated rings. The van der Waals surface area contributed by atoms with Crippen molar-refractivity contribution in [2.24, 2.45) is 45.5 Å². The molecule has 23 heteroatoms. The summed E-state index contributed by atoms with van der Waals surface area (Å²) in [4.78, 5) is 105. The predicted octanol–water partition coefficient (Wildman–Crippen LogP) is -3.99. The monoisotopic (exact) mass is 791 g/mol. The van der Waals surface area contributed by atoms with Crippen LogP contribution < -0.4 is 60.1 Å². The van der Waals surface area contributed by atoms with Crippen LogP contribution in [-0.4, -0.2) is 108 Å². The lowest BCUT2D eigenvalue weighted by Gasteiger charge is -2.29. The third-order valence-corrected chi connectivity index (χ3v) is 8.56. The Hall–Kier alpha value is -4.50. The Bertz CT molecular complexity index is 1320. The van der Waals surface area contributed by atoms with Crippen molar-refractivity contribution in [1.82, 2.24) is 26.6 Å². The first-order chi connectivity index (χ1) is 25.2. The Kier molecular flexibility index (Phi) is 24.1. The number of aliphatic imine (C=N–C) groups is 1. The first kappa shape index (κ1) is 49.5. The molecule has 0 saturated heterocycles. The van der Waals surface area contributed by atoms with E-state index in [0.29, 0.717) is 25.8 Å². The number of nitrogens with one attached hydrogen (secondary N) is 5. The average molecular weight is 792 g/mol. The average Bonchev–Trinajstić information content (AvgIpc) is 3.09. The highest BCUT2D eigenvalue weighted by atomic mass is 31.1. The maximum Gasteiger partial charge on any atom is 0.488 e. The summed E-state index contributed by atoms with van der Waals surface area (Å²) in [5.41, 5.74) is 27.3. The Labute approximate surface area is 315 Å². The SMILES string of the molecule is CC[C@H](C)[C@H](NC(=O)[C@H](CCC(N)=O)NC(=O)[C@@H](N)CCCCN)C(=O)N[C@@H](CO[P+](=O)[O-])C(=O)N[C@H](C(=O)N[C@@H](CCCN=C(N)N)C(=O)O)C(C)C. The number of guanidine groups is 1. The van der Waals surface area contributed by atoms with Crippen molar-refractivity contribution in [3.05, 3.63) is 0 Å².